The summed E-state index contributed by atoms with van der Waals surface area (Å²) in [7, 11) is 0. The van der Waals surface area contributed by atoms with E-state index < -0.39 is 29.9 Å². The van der Waals surface area contributed by atoms with E-state index in [0.29, 0.717) is 10.6 Å². The molecule has 2 aromatic rings. The van der Waals surface area contributed by atoms with Crippen molar-refractivity contribution in [3.63, 3.8) is 0 Å². The standard InChI is InChI=1S/C15H15N3O6S/c1-7-6-10(17-13(20)9-4-3-5-23-9)25-11(7)14(21)24-8(2)12(19)18-15(16)22/h3-6,8H,1-2H3,(H,17,20)(H3,16,18,19,22)/t8-/m1/s1. The largest absolute Gasteiger partial charge is 0.459 e. The van der Waals surface area contributed by atoms with Gasteiger partial charge in [-0.15, -0.1) is 11.3 Å². The molecule has 10 heteroatoms. The molecule has 0 aliphatic carbocycles. The molecule has 25 heavy (non-hydrogen) atoms. The van der Waals surface area contributed by atoms with E-state index >= 15 is 0 Å². The van der Waals surface area contributed by atoms with Gasteiger partial charge in [-0.3, -0.25) is 14.9 Å². The van der Waals surface area contributed by atoms with Crippen LogP contribution in [0.1, 0.15) is 32.7 Å². The maximum absolute atomic E-state index is 12.2. The van der Waals surface area contributed by atoms with Crippen molar-refractivity contribution in [3.8, 4) is 0 Å². The highest BCUT2D eigenvalue weighted by molar-refractivity contribution is 7.18. The molecule has 132 valence electrons. The predicted octanol–water partition coefficient (Wildman–Crippen LogP) is 1.64. The maximum Gasteiger partial charge on any atom is 0.349 e. The molecule has 1 atom stereocenters. The quantitative estimate of drug-likeness (QED) is 0.688. The highest BCUT2D eigenvalue weighted by Crippen LogP contribution is 2.28. The van der Waals surface area contributed by atoms with Crippen LogP contribution in [-0.4, -0.2) is 29.9 Å². The molecular formula is C15H15N3O6S. The Morgan fingerprint density at radius 1 is 1.32 bits per heavy atom. The van der Waals surface area contributed by atoms with Crippen molar-refractivity contribution in [2.24, 2.45) is 5.73 Å². The van der Waals surface area contributed by atoms with Gasteiger partial charge in [0.25, 0.3) is 11.8 Å². The van der Waals surface area contributed by atoms with E-state index in [0.717, 1.165) is 11.3 Å². The minimum atomic E-state index is -1.21. The molecule has 0 spiro atoms. The normalized spacial score (nSPS) is 11.4. The molecule has 0 aromatic carbocycles. The summed E-state index contributed by atoms with van der Waals surface area (Å²) in [5, 5.41) is 4.84. The molecule has 0 fully saturated rings. The molecular weight excluding hydrogens is 350 g/mol. The zero-order chi connectivity index (χ0) is 18.6. The summed E-state index contributed by atoms with van der Waals surface area (Å²) >= 11 is 0.989. The number of nitrogens with two attached hydrogens (primary N) is 1. The van der Waals surface area contributed by atoms with Crippen LogP contribution in [-0.2, 0) is 9.53 Å². The third kappa shape index (κ3) is 4.67. The smallest absolute Gasteiger partial charge is 0.349 e. The molecule has 2 rings (SSSR count). The number of amides is 4. The Hall–Kier alpha value is -3.14. The lowest BCUT2D eigenvalue weighted by Gasteiger charge is -2.11. The fraction of sp³-hybridized carbons (Fsp3) is 0.200. The first kappa shape index (κ1) is 18.2. The maximum atomic E-state index is 12.2. The van der Waals surface area contributed by atoms with Gasteiger partial charge in [-0.25, -0.2) is 9.59 Å². The van der Waals surface area contributed by atoms with Gasteiger partial charge in [0, 0.05) is 0 Å². The molecule has 0 bridgehead atoms. The van der Waals surface area contributed by atoms with E-state index in [9.17, 15) is 19.2 Å². The number of imide groups is 1. The van der Waals surface area contributed by atoms with E-state index in [1.54, 1.807) is 19.1 Å². The zero-order valence-electron chi connectivity index (χ0n) is 13.3. The van der Waals surface area contributed by atoms with Gasteiger partial charge in [-0.1, -0.05) is 0 Å². The molecule has 0 saturated carbocycles. The van der Waals surface area contributed by atoms with Crippen LogP contribution in [0.3, 0.4) is 0 Å². The van der Waals surface area contributed by atoms with E-state index in [2.05, 4.69) is 5.32 Å². The second kappa shape index (κ2) is 7.62. The Balaban J connectivity index is 2.03. The Morgan fingerprint density at radius 3 is 2.64 bits per heavy atom. The fourth-order valence-electron chi connectivity index (χ4n) is 1.82. The number of urea groups is 1. The number of rotatable bonds is 5. The Kier molecular flexibility index (Phi) is 5.55. The summed E-state index contributed by atoms with van der Waals surface area (Å²) in [5.41, 5.74) is 5.39. The molecule has 0 radical (unpaired) electrons. The first-order valence-electron chi connectivity index (χ1n) is 7.04. The first-order valence-corrected chi connectivity index (χ1v) is 7.86. The number of hydrogen-bond donors (Lipinski definition) is 3. The number of esters is 1. The Labute approximate surface area is 146 Å². The van der Waals surface area contributed by atoms with Crippen LogP contribution >= 0.6 is 11.3 Å². The number of aryl methyl sites for hydroxylation is 1. The van der Waals surface area contributed by atoms with Gasteiger partial charge >= 0.3 is 12.0 Å². The number of anilines is 1. The van der Waals surface area contributed by atoms with E-state index in [4.69, 9.17) is 14.9 Å². The third-order valence-electron chi connectivity index (χ3n) is 2.98. The summed E-state index contributed by atoms with van der Waals surface area (Å²) in [4.78, 5) is 46.5. The summed E-state index contributed by atoms with van der Waals surface area (Å²) in [6.45, 7) is 2.96. The van der Waals surface area contributed by atoms with Crippen molar-refractivity contribution in [2.75, 3.05) is 5.32 Å². The van der Waals surface area contributed by atoms with Crippen LogP contribution in [0, 0.1) is 6.92 Å². The molecule has 0 aliphatic heterocycles. The SMILES string of the molecule is Cc1cc(NC(=O)c2ccco2)sc1C(=O)O[C@H](C)C(=O)NC(N)=O. The lowest BCUT2D eigenvalue weighted by molar-refractivity contribution is -0.127. The van der Waals surface area contributed by atoms with Crippen LogP contribution in [0.2, 0.25) is 0 Å². The van der Waals surface area contributed by atoms with Crippen molar-refractivity contribution < 1.29 is 28.3 Å². The Bertz CT molecular complexity index is 811. The van der Waals surface area contributed by atoms with Gasteiger partial charge in [0.15, 0.2) is 11.9 Å². The topological polar surface area (TPSA) is 141 Å². The number of ether oxygens (including phenoxy) is 1. The lowest BCUT2D eigenvalue weighted by Crippen LogP contribution is -2.42. The van der Waals surface area contributed by atoms with Gasteiger partial charge in [-0.2, -0.15) is 0 Å². The average Bonchev–Trinajstić information content (AvgIpc) is 3.16. The number of hydrogen-bond acceptors (Lipinski definition) is 7. The van der Waals surface area contributed by atoms with Crippen molar-refractivity contribution in [3.05, 3.63) is 40.7 Å². The number of primary amides is 1. The number of carbonyl (C=O) groups is 4. The molecule has 4 N–H and O–H groups in total. The van der Waals surface area contributed by atoms with Gasteiger partial charge in [-0.05, 0) is 37.6 Å². The number of carbonyl (C=O) groups excluding carboxylic acids is 4. The molecule has 2 heterocycles. The van der Waals surface area contributed by atoms with E-state index in [-0.39, 0.29) is 10.6 Å². The van der Waals surface area contributed by atoms with Gasteiger partial charge in [0.05, 0.1) is 11.3 Å². The molecule has 0 aliphatic rings. The summed E-state index contributed by atoms with van der Waals surface area (Å²) < 4.78 is 9.97. The summed E-state index contributed by atoms with van der Waals surface area (Å²) in [5.74, 6) is -1.91. The monoisotopic (exact) mass is 365 g/mol. The molecule has 2 aromatic heterocycles. The minimum absolute atomic E-state index is 0.131. The molecule has 4 amide bonds. The Morgan fingerprint density at radius 2 is 2.04 bits per heavy atom. The molecule has 0 saturated heterocycles. The van der Waals surface area contributed by atoms with Gasteiger partial charge in [0.2, 0.25) is 0 Å². The van der Waals surface area contributed by atoms with Crippen LogP contribution in [0.4, 0.5) is 9.80 Å². The van der Waals surface area contributed by atoms with Crippen LogP contribution in [0.5, 0.6) is 0 Å². The van der Waals surface area contributed by atoms with E-state index in [1.165, 1.54) is 19.3 Å². The average molecular weight is 365 g/mol. The van der Waals surface area contributed by atoms with Crippen molar-refractivity contribution in [1.82, 2.24) is 5.32 Å². The van der Waals surface area contributed by atoms with E-state index in [1.807, 2.05) is 5.32 Å². The minimum Gasteiger partial charge on any atom is -0.459 e. The van der Waals surface area contributed by atoms with Crippen LogP contribution in [0.15, 0.2) is 28.9 Å². The van der Waals surface area contributed by atoms with Crippen molar-refractivity contribution >= 4 is 40.2 Å². The fourth-order valence-corrected chi connectivity index (χ4v) is 2.77. The summed E-state index contributed by atoms with van der Waals surface area (Å²) in [6.07, 6.45) is 0.165. The lowest BCUT2D eigenvalue weighted by atomic mass is 10.3. The first-order chi connectivity index (χ1) is 11.8. The molecule has 9 nitrogen and oxygen atoms in total. The third-order valence-corrected chi connectivity index (χ3v) is 4.12. The summed E-state index contributed by atoms with van der Waals surface area (Å²) in [6, 6.07) is 3.64. The van der Waals surface area contributed by atoms with Crippen LogP contribution < -0.4 is 16.4 Å². The van der Waals surface area contributed by atoms with Crippen LogP contribution in [0.25, 0.3) is 0 Å². The second-order valence-corrected chi connectivity index (χ2v) is 6.01. The zero-order valence-corrected chi connectivity index (χ0v) is 14.1. The van der Waals surface area contributed by atoms with Gasteiger partial charge < -0.3 is 20.2 Å². The highest BCUT2D eigenvalue weighted by Gasteiger charge is 2.23. The predicted molar refractivity (Wildman–Crippen MR) is 88.3 cm³/mol. The number of nitrogens with one attached hydrogen (secondary N) is 2. The number of furan rings is 1. The van der Waals surface area contributed by atoms with Gasteiger partial charge in [0.1, 0.15) is 4.88 Å². The van der Waals surface area contributed by atoms with Crippen molar-refractivity contribution in [1.29, 1.82) is 0 Å². The highest BCUT2D eigenvalue weighted by atomic mass is 32.1. The number of thiophene rings is 1. The molecule has 0 unspecified atom stereocenters. The van der Waals surface area contributed by atoms with Crippen molar-refractivity contribution in [2.45, 2.75) is 20.0 Å². The second-order valence-electron chi connectivity index (χ2n) is 4.96.